The van der Waals surface area contributed by atoms with Crippen LogP contribution in [-0.2, 0) is 14.3 Å². The monoisotopic (exact) mass is 506 g/mol. The second-order valence-corrected chi connectivity index (χ2v) is 9.01. The van der Waals surface area contributed by atoms with Gasteiger partial charge < -0.3 is 30.3 Å². The first-order chi connectivity index (χ1) is 17.6. The minimum absolute atomic E-state index is 0.107. The van der Waals surface area contributed by atoms with Gasteiger partial charge in [0.1, 0.15) is 5.82 Å². The van der Waals surface area contributed by atoms with Crippen molar-refractivity contribution in [3.63, 3.8) is 0 Å². The van der Waals surface area contributed by atoms with E-state index >= 15 is 0 Å². The summed E-state index contributed by atoms with van der Waals surface area (Å²) < 4.78 is 12.3. The van der Waals surface area contributed by atoms with E-state index in [1.165, 1.54) is 17.9 Å². The van der Waals surface area contributed by atoms with Crippen molar-refractivity contribution >= 4 is 45.9 Å². The summed E-state index contributed by atoms with van der Waals surface area (Å²) in [5.74, 6) is -0.0568. The van der Waals surface area contributed by atoms with Crippen LogP contribution in [-0.4, -0.2) is 75.8 Å². The molecule has 1 saturated heterocycles. The van der Waals surface area contributed by atoms with Crippen LogP contribution < -0.4 is 20.9 Å². The Labute approximate surface area is 211 Å². The van der Waals surface area contributed by atoms with Gasteiger partial charge in [-0.15, -0.1) is 5.10 Å². The maximum absolute atomic E-state index is 13.4. The highest BCUT2D eigenvalue weighted by atomic mass is 16.5. The second-order valence-electron chi connectivity index (χ2n) is 9.01. The van der Waals surface area contributed by atoms with Gasteiger partial charge in [-0.2, -0.15) is 0 Å². The molecule has 1 aliphatic rings. The fourth-order valence-electron chi connectivity index (χ4n) is 4.02. The number of hydrogen-bond donors (Lipinski definition) is 3. The van der Waals surface area contributed by atoms with Crippen LogP contribution in [0.4, 0.5) is 23.1 Å². The lowest BCUT2D eigenvalue weighted by molar-refractivity contribution is -0.165. The summed E-state index contributed by atoms with van der Waals surface area (Å²) >= 11 is 0. The number of aliphatic hydroxyl groups is 1. The molecule has 1 aromatic carbocycles. The van der Waals surface area contributed by atoms with Crippen molar-refractivity contribution < 1.29 is 24.0 Å². The summed E-state index contributed by atoms with van der Waals surface area (Å²) in [6.07, 6.45) is 1.95. The van der Waals surface area contributed by atoms with Gasteiger partial charge in [0.15, 0.2) is 28.9 Å². The Bertz CT molecular complexity index is 1480. The minimum Gasteiger partial charge on any atom is -0.380 e. The van der Waals surface area contributed by atoms with Crippen LogP contribution in [0.15, 0.2) is 53.3 Å². The van der Waals surface area contributed by atoms with E-state index in [0.717, 1.165) is 11.5 Å². The third-order valence-corrected chi connectivity index (χ3v) is 6.12. The van der Waals surface area contributed by atoms with Crippen molar-refractivity contribution in [2.24, 2.45) is 0 Å². The van der Waals surface area contributed by atoms with Gasteiger partial charge in [0.2, 0.25) is 0 Å². The van der Waals surface area contributed by atoms with Crippen LogP contribution in [0.5, 0.6) is 0 Å². The van der Waals surface area contributed by atoms with Gasteiger partial charge in [-0.3, -0.25) is 14.5 Å². The van der Waals surface area contributed by atoms with Crippen molar-refractivity contribution in [2.45, 2.75) is 18.6 Å². The number of nitrogens with zero attached hydrogens (tertiary/aromatic N) is 6. The van der Waals surface area contributed by atoms with E-state index in [4.69, 9.17) is 15.0 Å². The summed E-state index contributed by atoms with van der Waals surface area (Å²) in [5, 5.41) is 22.5. The van der Waals surface area contributed by atoms with Crippen LogP contribution >= 0.6 is 0 Å². The normalized spacial score (nSPS) is 17.6. The van der Waals surface area contributed by atoms with E-state index in [9.17, 15) is 14.7 Å². The predicted molar refractivity (Wildman–Crippen MR) is 135 cm³/mol. The number of aromatic nitrogens is 4. The first kappa shape index (κ1) is 24.2. The molecule has 1 aliphatic heterocycles. The van der Waals surface area contributed by atoms with Gasteiger partial charge >= 0.3 is 0 Å². The van der Waals surface area contributed by atoms with Gasteiger partial charge in [-0.25, -0.2) is 9.67 Å². The number of pyridine rings is 1. The fraction of sp³-hybridized carbons (Fsp3) is 0.292. The van der Waals surface area contributed by atoms with Crippen molar-refractivity contribution in [3.8, 4) is 5.69 Å². The van der Waals surface area contributed by atoms with Crippen molar-refractivity contribution in [2.75, 3.05) is 48.1 Å². The van der Waals surface area contributed by atoms with E-state index in [0.29, 0.717) is 22.5 Å². The maximum atomic E-state index is 13.4. The molecule has 4 heterocycles. The molecule has 2 atom stereocenters. The molecular formula is C24H26N8O5. The molecule has 0 saturated carbocycles. The fourth-order valence-corrected chi connectivity index (χ4v) is 4.02. The third-order valence-electron chi connectivity index (χ3n) is 6.12. The summed E-state index contributed by atoms with van der Waals surface area (Å²) in [7, 11) is 3.77. The van der Waals surface area contributed by atoms with Gasteiger partial charge in [0.25, 0.3) is 11.8 Å². The molecule has 0 radical (unpaired) electrons. The summed E-state index contributed by atoms with van der Waals surface area (Å²) in [4.78, 5) is 33.9. The Kier molecular flexibility index (Phi) is 6.01. The van der Waals surface area contributed by atoms with Gasteiger partial charge in [0, 0.05) is 50.4 Å². The maximum Gasteiger partial charge on any atom is 0.260 e. The van der Waals surface area contributed by atoms with Crippen LogP contribution in [0.1, 0.15) is 6.92 Å². The van der Waals surface area contributed by atoms with Gasteiger partial charge in [0.05, 0.1) is 24.2 Å². The zero-order valence-corrected chi connectivity index (χ0v) is 20.5. The van der Waals surface area contributed by atoms with E-state index in [1.807, 2.05) is 25.1 Å². The number of fused-ring (bicyclic) bond motifs is 1. The number of benzene rings is 1. The van der Waals surface area contributed by atoms with Crippen molar-refractivity contribution in [1.29, 1.82) is 0 Å². The topological polar surface area (TPSA) is 165 Å². The number of nitrogens with two attached hydrogens (primary N) is 1. The molecule has 0 spiro atoms. The molecular weight excluding hydrogens is 480 g/mol. The summed E-state index contributed by atoms with van der Waals surface area (Å²) in [6.45, 7) is 1.56. The molecule has 5 rings (SSSR count). The molecule has 13 heteroatoms. The molecule has 13 nitrogen and oxygen atoms in total. The second kappa shape index (κ2) is 9.19. The molecule has 0 bridgehead atoms. The Hall–Kier alpha value is -4.49. The Morgan fingerprint density at radius 1 is 1.27 bits per heavy atom. The Morgan fingerprint density at radius 3 is 2.86 bits per heavy atom. The molecule has 2 unspecified atom stereocenters. The van der Waals surface area contributed by atoms with E-state index in [1.54, 1.807) is 41.3 Å². The number of ether oxygens (including phenoxy) is 1. The summed E-state index contributed by atoms with van der Waals surface area (Å²) in [5.41, 5.74) is 5.01. The van der Waals surface area contributed by atoms with E-state index in [2.05, 4.69) is 20.6 Å². The number of nitrogen functional groups attached to an aromatic ring is 1. The quantitative estimate of drug-likeness (QED) is 0.346. The number of nitrogens with one attached hydrogen (secondary N) is 1. The largest absolute Gasteiger partial charge is 0.380 e. The first-order valence-electron chi connectivity index (χ1n) is 11.5. The van der Waals surface area contributed by atoms with Crippen LogP contribution in [0.25, 0.3) is 16.7 Å². The Balaban J connectivity index is 1.33. The molecule has 4 N–H and O–H groups in total. The van der Waals surface area contributed by atoms with Crippen LogP contribution in [0.2, 0.25) is 0 Å². The molecule has 4 aromatic rings. The SMILES string of the molecule is CN(C)c1cc(-n2ccc(N3CCOC(C(C)(O)C(=O)Nc4ccc5c(N)noc5c4)C3=O)n2)ccn1. The third kappa shape index (κ3) is 4.45. The number of carbonyl (C=O) groups excluding carboxylic acids is 2. The zero-order valence-electron chi connectivity index (χ0n) is 20.5. The first-order valence-corrected chi connectivity index (χ1v) is 11.5. The van der Waals surface area contributed by atoms with Gasteiger partial charge in [-0.1, -0.05) is 5.16 Å². The highest BCUT2D eigenvalue weighted by molar-refractivity contribution is 6.06. The predicted octanol–water partition coefficient (Wildman–Crippen LogP) is 1.18. The van der Waals surface area contributed by atoms with E-state index < -0.39 is 23.5 Å². The molecule has 2 amide bonds. The smallest absolute Gasteiger partial charge is 0.260 e. The molecule has 37 heavy (non-hydrogen) atoms. The Morgan fingerprint density at radius 2 is 2.08 bits per heavy atom. The highest BCUT2D eigenvalue weighted by Gasteiger charge is 2.49. The number of hydrogen-bond acceptors (Lipinski definition) is 10. The lowest BCUT2D eigenvalue weighted by Gasteiger charge is -2.37. The van der Waals surface area contributed by atoms with Crippen molar-refractivity contribution in [3.05, 3.63) is 48.8 Å². The number of anilines is 4. The lowest BCUT2D eigenvalue weighted by Crippen LogP contribution is -2.61. The number of carbonyl (C=O) groups is 2. The van der Waals surface area contributed by atoms with Gasteiger partial charge in [-0.05, 0) is 25.1 Å². The van der Waals surface area contributed by atoms with Crippen LogP contribution in [0, 0.1) is 0 Å². The van der Waals surface area contributed by atoms with E-state index in [-0.39, 0.29) is 19.0 Å². The number of morpholine rings is 1. The summed E-state index contributed by atoms with van der Waals surface area (Å²) in [6, 6.07) is 10.1. The van der Waals surface area contributed by atoms with Crippen LogP contribution in [0.3, 0.4) is 0 Å². The van der Waals surface area contributed by atoms with Crippen molar-refractivity contribution in [1.82, 2.24) is 19.9 Å². The number of amides is 2. The highest BCUT2D eigenvalue weighted by Crippen LogP contribution is 2.27. The molecule has 0 aliphatic carbocycles. The zero-order chi connectivity index (χ0) is 26.3. The lowest BCUT2D eigenvalue weighted by atomic mass is 9.95. The standard InChI is InChI=1S/C24H26N8O5/c1-24(35,23(34)27-14-4-5-16-17(12-14)37-29-21(16)25)20-22(33)31(10-11-36-20)18-7-9-32(28-18)15-6-8-26-19(13-15)30(2)3/h4-9,12-13,20,35H,10-11H2,1-3H3,(H2,25,29)(H,27,34). The average Bonchev–Trinajstić information content (AvgIpc) is 3.51. The average molecular weight is 507 g/mol. The molecule has 1 fully saturated rings. The number of rotatable bonds is 6. The minimum atomic E-state index is -2.18. The molecule has 3 aromatic heterocycles. The molecule has 192 valence electrons.